The van der Waals surface area contributed by atoms with Crippen molar-refractivity contribution in [3.8, 4) is 11.5 Å². The fourth-order valence-electron chi connectivity index (χ4n) is 3.68. The second-order valence-electron chi connectivity index (χ2n) is 7.44. The summed E-state index contributed by atoms with van der Waals surface area (Å²) in [5.74, 6) is 1.09. The molecule has 1 atom stereocenters. The molecule has 8 nitrogen and oxygen atoms in total. The van der Waals surface area contributed by atoms with Crippen molar-refractivity contribution >= 4 is 5.91 Å². The Hall–Kier alpha value is -3.07. The normalized spacial score (nSPS) is 16.4. The van der Waals surface area contributed by atoms with Gasteiger partial charge in [0.15, 0.2) is 5.82 Å². The molecule has 158 valence electrons. The minimum atomic E-state index is -1.63. The number of carbonyl (C=O) groups is 1. The topological polar surface area (TPSA) is 88.5 Å². The van der Waals surface area contributed by atoms with Gasteiger partial charge < -0.3 is 13.9 Å². The van der Waals surface area contributed by atoms with Crippen LogP contribution in [0.5, 0.6) is 0 Å². The molecule has 2 aromatic heterocycles. The lowest BCUT2D eigenvalue weighted by Gasteiger charge is -2.23. The predicted molar refractivity (Wildman–Crippen MR) is 106 cm³/mol. The molecule has 1 saturated heterocycles. The van der Waals surface area contributed by atoms with Gasteiger partial charge in [-0.25, -0.2) is 4.39 Å². The molecule has 0 spiro atoms. The first kappa shape index (κ1) is 20.2. The second kappa shape index (κ2) is 8.74. The van der Waals surface area contributed by atoms with Gasteiger partial charge in [0.1, 0.15) is 11.3 Å². The van der Waals surface area contributed by atoms with Gasteiger partial charge in [0.05, 0.1) is 12.2 Å². The van der Waals surface area contributed by atoms with Gasteiger partial charge in [-0.3, -0.25) is 9.69 Å². The fourth-order valence-corrected chi connectivity index (χ4v) is 3.68. The third kappa shape index (κ3) is 4.25. The fraction of sp³-hybridized carbons (Fsp3) is 0.429. The maximum absolute atomic E-state index is 14.6. The third-order valence-corrected chi connectivity index (χ3v) is 5.29. The van der Waals surface area contributed by atoms with Crippen LogP contribution in [0.4, 0.5) is 4.39 Å². The number of alkyl halides is 1. The molecule has 1 amide bonds. The van der Waals surface area contributed by atoms with Gasteiger partial charge in [-0.1, -0.05) is 40.6 Å². The molecule has 0 N–H and O–H groups in total. The maximum Gasteiger partial charge on any atom is 0.263 e. The van der Waals surface area contributed by atoms with Crippen molar-refractivity contribution in [3.05, 3.63) is 53.2 Å². The number of rotatable bonds is 5. The Morgan fingerprint density at radius 2 is 1.90 bits per heavy atom. The van der Waals surface area contributed by atoms with Crippen LogP contribution in [0.3, 0.4) is 0 Å². The smallest absolute Gasteiger partial charge is 0.263 e. The molecule has 0 aliphatic carbocycles. The minimum Gasteiger partial charge on any atom is -0.361 e. The molecule has 3 heterocycles. The highest BCUT2D eigenvalue weighted by Gasteiger charge is 2.27. The van der Waals surface area contributed by atoms with E-state index < -0.39 is 12.1 Å². The zero-order valence-electron chi connectivity index (χ0n) is 17.0. The predicted octanol–water partition coefficient (Wildman–Crippen LogP) is 3.09. The number of hydrogen-bond acceptors (Lipinski definition) is 7. The average Bonchev–Trinajstić information content (AvgIpc) is 3.26. The van der Waals surface area contributed by atoms with Crippen LogP contribution in [-0.4, -0.2) is 57.2 Å². The Balaban J connectivity index is 1.36. The number of aromatic nitrogens is 3. The molecule has 3 aromatic rings. The molecule has 30 heavy (non-hydrogen) atoms. The number of amides is 1. The summed E-state index contributed by atoms with van der Waals surface area (Å²) in [5, 5.41) is 7.97. The van der Waals surface area contributed by atoms with E-state index in [0.717, 1.165) is 18.5 Å². The van der Waals surface area contributed by atoms with E-state index in [4.69, 9.17) is 9.05 Å². The number of hydrogen-bond donors (Lipinski definition) is 0. The van der Waals surface area contributed by atoms with Gasteiger partial charge in [0.25, 0.3) is 11.8 Å². The third-order valence-electron chi connectivity index (χ3n) is 5.29. The van der Waals surface area contributed by atoms with Crippen LogP contribution in [0.2, 0.25) is 0 Å². The van der Waals surface area contributed by atoms with E-state index in [9.17, 15) is 9.18 Å². The van der Waals surface area contributed by atoms with E-state index in [0.29, 0.717) is 54.9 Å². The molecule has 4 rings (SSSR count). The zero-order chi connectivity index (χ0) is 21.1. The number of halogens is 1. The summed E-state index contributed by atoms with van der Waals surface area (Å²) >= 11 is 0. The first-order valence-corrected chi connectivity index (χ1v) is 9.99. The second-order valence-corrected chi connectivity index (χ2v) is 7.44. The van der Waals surface area contributed by atoms with E-state index in [-0.39, 0.29) is 0 Å². The van der Waals surface area contributed by atoms with Crippen molar-refractivity contribution in [2.24, 2.45) is 0 Å². The Morgan fingerprint density at radius 3 is 2.63 bits per heavy atom. The van der Waals surface area contributed by atoms with E-state index in [2.05, 4.69) is 20.2 Å². The molecule has 1 aliphatic heterocycles. The lowest BCUT2D eigenvalue weighted by Crippen LogP contribution is -2.37. The molecule has 0 saturated carbocycles. The van der Waals surface area contributed by atoms with Crippen LogP contribution in [0.25, 0.3) is 11.5 Å². The van der Waals surface area contributed by atoms with E-state index in [1.54, 1.807) is 42.2 Å². The van der Waals surface area contributed by atoms with Crippen LogP contribution >= 0.6 is 0 Å². The lowest BCUT2D eigenvalue weighted by molar-refractivity contribution is -0.136. The number of carbonyl (C=O) groups excluding carboxylic acids is 1. The number of aryl methyl sites for hydroxylation is 2. The standard InChI is InChI=1S/C21H24FN5O3/c1-14-18(15(2)29-24-14)20-23-17(25-30-20)13-26-9-6-10-27(12-11-26)21(28)19(22)16-7-4-3-5-8-16/h3-5,7-8,19H,6,9-13H2,1-2H3. The number of benzene rings is 1. The summed E-state index contributed by atoms with van der Waals surface area (Å²) in [7, 11) is 0. The quantitative estimate of drug-likeness (QED) is 0.635. The van der Waals surface area contributed by atoms with Crippen LogP contribution in [0, 0.1) is 13.8 Å². The summed E-state index contributed by atoms with van der Waals surface area (Å²) in [6, 6.07) is 8.56. The average molecular weight is 413 g/mol. The highest BCUT2D eigenvalue weighted by molar-refractivity contribution is 5.82. The van der Waals surface area contributed by atoms with E-state index in [1.807, 2.05) is 6.92 Å². The van der Waals surface area contributed by atoms with Crippen molar-refractivity contribution in [2.75, 3.05) is 26.2 Å². The highest BCUT2D eigenvalue weighted by atomic mass is 19.1. The van der Waals surface area contributed by atoms with Gasteiger partial charge in [-0.15, -0.1) is 0 Å². The van der Waals surface area contributed by atoms with Crippen molar-refractivity contribution in [3.63, 3.8) is 0 Å². The molecule has 1 fully saturated rings. The molecule has 1 unspecified atom stereocenters. The molecule has 0 bridgehead atoms. The first-order chi connectivity index (χ1) is 14.5. The Kier molecular flexibility index (Phi) is 5.89. The molecule has 0 radical (unpaired) electrons. The summed E-state index contributed by atoms with van der Waals surface area (Å²) in [6.45, 7) is 6.48. The Labute approximate surface area is 173 Å². The number of nitrogens with zero attached hydrogens (tertiary/aromatic N) is 5. The first-order valence-electron chi connectivity index (χ1n) is 9.99. The van der Waals surface area contributed by atoms with E-state index in [1.165, 1.54) is 0 Å². The van der Waals surface area contributed by atoms with Crippen molar-refractivity contribution in [2.45, 2.75) is 33.0 Å². The monoisotopic (exact) mass is 413 g/mol. The van der Waals surface area contributed by atoms with Crippen molar-refractivity contribution in [1.29, 1.82) is 0 Å². The Bertz CT molecular complexity index is 984. The van der Waals surface area contributed by atoms with Gasteiger partial charge in [-0.05, 0) is 25.8 Å². The van der Waals surface area contributed by atoms with E-state index >= 15 is 0 Å². The Morgan fingerprint density at radius 1 is 1.10 bits per heavy atom. The zero-order valence-corrected chi connectivity index (χ0v) is 17.0. The SMILES string of the molecule is Cc1noc(C)c1-c1nc(CN2CCCN(C(=O)C(F)c3ccccc3)CC2)no1. The highest BCUT2D eigenvalue weighted by Crippen LogP contribution is 2.25. The molecule has 1 aliphatic rings. The van der Waals surface area contributed by atoms with Crippen LogP contribution in [0.1, 0.15) is 35.4 Å². The summed E-state index contributed by atoms with van der Waals surface area (Å²) in [4.78, 5) is 20.8. The van der Waals surface area contributed by atoms with Gasteiger partial charge in [0, 0.05) is 26.2 Å². The molecular formula is C21H24FN5O3. The minimum absolute atomic E-state index is 0.385. The van der Waals surface area contributed by atoms with Crippen LogP contribution in [0.15, 0.2) is 39.4 Å². The summed E-state index contributed by atoms with van der Waals surface area (Å²) in [5.41, 5.74) is 1.81. The lowest BCUT2D eigenvalue weighted by atomic mass is 10.1. The maximum atomic E-state index is 14.6. The molecular weight excluding hydrogens is 389 g/mol. The molecule has 1 aromatic carbocycles. The van der Waals surface area contributed by atoms with Crippen molar-refractivity contribution < 1.29 is 18.2 Å². The van der Waals surface area contributed by atoms with Gasteiger partial charge in [0.2, 0.25) is 6.17 Å². The van der Waals surface area contributed by atoms with Crippen LogP contribution < -0.4 is 0 Å². The van der Waals surface area contributed by atoms with Gasteiger partial charge >= 0.3 is 0 Å². The summed E-state index contributed by atoms with van der Waals surface area (Å²) in [6.07, 6.45) is -0.880. The van der Waals surface area contributed by atoms with Crippen LogP contribution in [-0.2, 0) is 11.3 Å². The molecule has 9 heteroatoms. The largest absolute Gasteiger partial charge is 0.361 e. The summed E-state index contributed by atoms with van der Waals surface area (Å²) < 4.78 is 25.2. The van der Waals surface area contributed by atoms with Gasteiger partial charge in [-0.2, -0.15) is 4.98 Å². The van der Waals surface area contributed by atoms with Crippen molar-refractivity contribution in [1.82, 2.24) is 25.1 Å².